The van der Waals surface area contributed by atoms with Gasteiger partial charge >= 0.3 is 5.97 Å². The van der Waals surface area contributed by atoms with Gasteiger partial charge in [0.15, 0.2) is 0 Å². The molecule has 2 aromatic carbocycles. The molecule has 0 aliphatic carbocycles. The largest absolute Gasteiger partial charge is 0.497 e. The maximum atomic E-state index is 12.4. The minimum atomic E-state index is -0.519. The van der Waals surface area contributed by atoms with E-state index in [1.165, 1.54) is 17.8 Å². The van der Waals surface area contributed by atoms with Gasteiger partial charge in [-0.3, -0.25) is 4.79 Å². The van der Waals surface area contributed by atoms with E-state index < -0.39 is 5.97 Å². The molecular weight excluding hydrogens is 374 g/mol. The Balaban J connectivity index is 2.03. The van der Waals surface area contributed by atoms with Crippen molar-refractivity contribution in [1.82, 2.24) is 0 Å². The second kappa shape index (κ2) is 9.50. The summed E-state index contributed by atoms with van der Waals surface area (Å²) in [7, 11) is 1.61. The Labute approximate surface area is 162 Å². The lowest BCUT2D eigenvalue weighted by Crippen LogP contribution is -2.22. The summed E-state index contributed by atoms with van der Waals surface area (Å²) in [6.45, 7) is 3.78. The van der Waals surface area contributed by atoms with Crippen LogP contribution in [0.15, 0.2) is 47.4 Å². The first-order valence-corrected chi connectivity index (χ1v) is 9.28. The molecule has 1 atom stereocenters. The normalized spacial score (nSPS) is 11.5. The lowest BCUT2D eigenvalue weighted by molar-refractivity contribution is -0.115. The van der Waals surface area contributed by atoms with Crippen LogP contribution in [0.25, 0.3) is 0 Å². The molecule has 5 nitrogen and oxygen atoms in total. The van der Waals surface area contributed by atoms with Gasteiger partial charge in [0.2, 0.25) is 5.91 Å². The highest BCUT2D eigenvalue weighted by atomic mass is 35.5. The van der Waals surface area contributed by atoms with Crippen LogP contribution >= 0.6 is 23.4 Å². The molecule has 0 bridgehead atoms. The molecule has 7 heteroatoms. The Morgan fingerprint density at radius 3 is 2.50 bits per heavy atom. The van der Waals surface area contributed by atoms with Crippen molar-refractivity contribution in [1.29, 1.82) is 0 Å². The van der Waals surface area contributed by atoms with E-state index in [4.69, 9.17) is 21.1 Å². The topological polar surface area (TPSA) is 64.6 Å². The zero-order chi connectivity index (χ0) is 19.1. The first-order chi connectivity index (χ1) is 12.4. The maximum absolute atomic E-state index is 12.4. The highest BCUT2D eigenvalue weighted by Crippen LogP contribution is 2.27. The SMILES string of the molecule is CCOC(=O)c1cc(NC(=O)[C@H](C)Sc2ccc(OC)cc2)ccc1Cl. The molecule has 0 saturated heterocycles. The molecule has 0 saturated carbocycles. The molecule has 0 unspecified atom stereocenters. The lowest BCUT2D eigenvalue weighted by atomic mass is 10.2. The number of benzene rings is 2. The Kier molecular flexibility index (Phi) is 7.36. The van der Waals surface area contributed by atoms with E-state index >= 15 is 0 Å². The van der Waals surface area contributed by atoms with Crippen molar-refractivity contribution in [3.8, 4) is 5.75 Å². The predicted octanol–water partition coefficient (Wildman–Crippen LogP) is 4.64. The van der Waals surface area contributed by atoms with Crippen LogP contribution in [-0.2, 0) is 9.53 Å². The molecule has 0 heterocycles. The van der Waals surface area contributed by atoms with Crippen LogP contribution in [0, 0.1) is 0 Å². The van der Waals surface area contributed by atoms with E-state index in [1.807, 2.05) is 31.2 Å². The van der Waals surface area contributed by atoms with Gasteiger partial charge in [-0.2, -0.15) is 0 Å². The predicted molar refractivity (Wildman–Crippen MR) is 104 cm³/mol. The molecule has 0 aromatic heterocycles. The molecular formula is C19H20ClNO4S. The minimum absolute atomic E-state index is 0.178. The van der Waals surface area contributed by atoms with Crippen molar-refractivity contribution in [3.05, 3.63) is 53.1 Å². The van der Waals surface area contributed by atoms with Crippen molar-refractivity contribution >= 4 is 40.9 Å². The van der Waals surface area contributed by atoms with Crippen LogP contribution in [0.1, 0.15) is 24.2 Å². The Morgan fingerprint density at radius 2 is 1.88 bits per heavy atom. The summed E-state index contributed by atoms with van der Waals surface area (Å²) in [5.74, 6) is 0.0660. The zero-order valence-corrected chi connectivity index (χ0v) is 16.3. The molecule has 2 aromatic rings. The number of nitrogens with one attached hydrogen (secondary N) is 1. The smallest absolute Gasteiger partial charge is 0.339 e. The van der Waals surface area contributed by atoms with Gasteiger partial charge in [0.05, 0.1) is 29.6 Å². The number of halogens is 1. The number of thioether (sulfide) groups is 1. The fourth-order valence-corrected chi connectivity index (χ4v) is 3.19. The third-order valence-corrected chi connectivity index (χ3v) is 4.91. The molecule has 0 fully saturated rings. The highest BCUT2D eigenvalue weighted by molar-refractivity contribution is 8.00. The summed E-state index contributed by atoms with van der Waals surface area (Å²) in [4.78, 5) is 25.3. The van der Waals surface area contributed by atoms with E-state index in [-0.39, 0.29) is 28.4 Å². The van der Waals surface area contributed by atoms with Crippen LogP contribution in [0.2, 0.25) is 5.02 Å². The summed E-state index contributed by atoms with van der Waals surface area (Å²) < 4.78 is 10.1. The van der Waals surface area contributed by atoms with E-state index in [0.717, 1.165) is 10.6 Å². The van der Waals surface area contributed by atoms with Crippen molar-refractivity contribution in [2.24, 2.45) is 0 Å². The van der Waals surface area contributed by atoms with E-state index in [2.05, 4.69) is 5.32 Å². The zero-order valence-electron chi connectivity index (χ0n) is 14.7. The van der Waals surface area contributed by atoms with Gasteiger partial charge in [0.1, 0.15) is 5.75 Å². The minimum Gasteiger partial charge on any atom is -0.497 e. The van der Waals surface area contributed by atoms with Crippen LogP contribution in [0.3, 0.4) is 0 Å². The number of hydrogen-bond donors (Lipinski definition) is 1. The van der Waals surface area contributed by atoms with Gasteiger partial charge in [0, 0.05) is 10.6 Å². The van der Waals surface area contributed by atoms with Crippen LogP contribution in [0.5, 0.6) is 5.75 Å². The van der Waals surface area contributed by atoms with Gasteiger partial charge < -0.3 is 14.8 Å². The van der Waals surface area contributed by atoms with Gasteiger partial charge in [0.25, 0.3) is 0 Å². The number of ether oxygens (including phenoxy) is 2. The Bertz CT molecular complexity index is 780. The molecule has 0 aliphatic heterocycles. The second-order valence-corrected chi connectivity index (χ2v) is 7.16. The van der Waals surface area contributed by atoms with Gasteiger partial charge in [-0.15, -0.1) is 11.8 Å². The van der Waals surface area contributed by atoms with E-state index in [1.54, 1.807) is 26.2 Å². The molecule has 1 N–H and O–H groups in total. The monoisotopic (exact) mass is 393 g/mol. The first-order valence-electron chi connectivity index (χ1n) is 8.02. The third-order valence-electron chi connectivity index (χ3n) is 3.47. The number of anilines is 1. The first kappa shape index (κ1) is 20.1. The summed E-state index contributed by atoms with van der Waals surface area (Å²) in [6, 6.07) is 12.2. The molecule has 1 amide bonds. The van der Waals surface area contributed by atoms with Crippen molar-refractivity contribution < 1.29 is 19.1 Å². The molecule has 138 valence electrons. The molecule has 26 heavy (non-hydrogen) atoms. The van der Waals surface area contributed by atoms with E-state index in [9.17, 15) is 9.59 Å². The fourth-order valence-electron chi connectivity index (χ4n) is 2.12. The summed E-state index contributed by atoms with van der Waals surface area (Å²) in [5.41, 5.74) is 0.714. The maximum Gasteiger partial charge on any atom is 0.339 e. The summed E-state index contributed by atoms with van der Waals surface area (Å²) in [6.07, 6.45) is 0. The third kappa shape index (κ3) is 5.41. The van der Waals surface area contributed by atoms with Crippen LogP contribution in [-0.4, -0.2) is 30.8 Å². The molecule has 0 aliphatic rings. The van der Waals surface area contributed by atoms with E-state index in [0.29, 0.717) is 5.69 Å². The van der Waals surface area contributed by atoms with Crippen molar-refractivity contribution in [2.45, 2.75) is 24.0 Å². The molecule has 0 radical (unpaired) electrons. The number of esters is 1. The van der Waals surface area contributed by atoms with Crippen LogP contribution < -0.4 is 10.1 Å². The van der Waals surface area contributed by atoms with Gasteiger partial charge in [-0.05, 0) is 56.3 Å². The van der Waals surface area contributed by atoms with Crippen LogP contribution in [0.4, 0.5) is 5.69 Å². The molecule has 0 spiro atoms. The highest BCUT2D eigenvalue weighted by Gasteiger charge is 2.17. The standard InChI is InChI=1S/C19H20ClNO4S/c1-4-25-19(23)16-11-13(5-10-17(16)20)21-18(22)12(2)26-15-8-6-14(24-3)7-9-15/h5-12H,4H2,1-3H3,(H,21,22)/t12-/m0/s1. The number of carbonyl (C=O) groups excluding carboxylic acids is 2. The second-order valence-electron chi connectivity index (χ2n) is 5.34. The number of hydrogen-bond acceptors (Lipinski definition) is 5. The number of amides is 1. The lowest BCUT2D eigenvalue weighted by Gasteiger charge is -2.13. The average Bonchev–Trinajstić information content (AvgIpc) is 2.64. The Hall–Kier alpha value is -2.18. The summed E-state index contributed by atoms with van der Waals surface area (Å²) >= 11 is 7.46. The number of methoxy groups -OCH3 is 1. The Morgan fingerprint density at radius 1 is 1.19 bits per heavy atom. The quantitative estimate of drug-likeness (QED) is 0.548. The van der Waals surface area contributed by atoms with Gasteiger partial charge in [-0.25, -0.2) is 4.79 Å². The van der Waals surface area contributed by atoms with Crippen molar-refractivity contribution in [3.63, 3.8) is 0 Å². The number of rotatable bonds is 7. The molecule has 2 rings (SSSR count). The average molecular weight is 394 g/mol. The van der Waals surface area contributed by atoms with Crippen molar-refractivity contribution in [2.75, 3.05) is 19.0 Å². The fraction of sp³-hybridized carbons (Fsp3) is 0.263. The number of carbonyl (C=O) groups is 2. The van der Waals surface area contributed by atoms with Gasteiger partial charge in [-0.1, -0.05) is 11.6 Å². The summed E-state index contributed by atoms with van der Waals surface area (Å²) in [5, 5.41) is 2.75.